The molecule has 7 nitrogen and oxygen atoms in total. The van der Waals surface area contributed by atoms with Crippen LogP contribution in [-0.4, -0.2) is 42.3 Å². The van der Waals surface area contributed by atoms with Crippen LogP contribution < -0.4 is 15.4 Å². The van der Waals surface area contributed by atoms with Crippen molar-refractivity contribution >= 4 is 40.4 Å². The topological polar surface area (TPSA) is 87.7 Å². The van der Waals surface area contributed by atoms with E-state index in [1.54, 1.807) is 24.3 Å². The van der Waals surface area contributed by atoms with Gasteiger partial charge in [-0.05, 0) is 49.1 Å². The Bertz CT molecular complexity index is 1170. The zero-order valence-corrected chi connectivity index (χ0v) is 19.8. The zero-order valence-electron chi connectivity index (χ0n) is 19.0. The molecule has 1 aromatic heterocycles. The normalized spacial score (nSPS) is 13.3. The molecule has 2 aromatic carbocycles. The zero-order chi connectivity index (χ0) is 23.9. The Kier molecular flexibility index (Phi) is 7.59. The molecule has 0 radical (unpaired) electrons. The quantitative estimate of drug-likeness (QED) is 0.500. The van der Waals surface area contributed by atoms with Crippen LogP contribution in [0.3, 0.4) is 0 Å². The first kappa shape index (κ1) is 23.5. The van der Waals surface area contributed by atoms with E-state index in [1.165, 1.54) is 18.3 Å². The van der Waals surface area contributed by atoms with E-state index in [1.807, 2.05) is 41.3 Å². The number of nitrogens with zero attached hydrogens (tertiary/aromatic N) is 1. The summed E-state index contributed by atoms with van der Waals surface area (Å²) in [6, 6.07) is 18.5. The molecule has 176 valence electrons. The molecule has 0 bridgehead atoms. The molecular formula is C26H27N3O4S. The summed E-state index contributed by atoms with van der Waals surface area (Å²) in [5.74, 6) is -0.220. The van der Waals surface area contributed by atoms with Crippen LogP contribution in [0.2, 0.25) is 0 Å². The van der Waals surface area contributed by atoms with Crippen LogP contribution in [0.1, 0.15) is 35.9 Å². The number of likely N-dealkylation sites (tertiary alicyclic amines) is 1. The van der Waals surface area contributed by atoms with E-state index < -0.39 is 0 Å². The molecule has 34 heavy (non-hydrogen) atoms. The number of carbonyl (C=O) groups is 3. The van der Waals surface area contributed by atoms with Gasteiger partial charge in [-0.3, -0.25) is 14.4 Å². The van der Waals surface area contributed by atoms with Crippen LogP contribution in [0.4, 0.5) is 11.4 Å². The first-order valence-electron chi connectivity index (χ1n) is 11.3. The Hall–Kier alpha value is -3.65. The van der Waals surface area contributed by atoms with Gasteiger partial charge >= 0.3 is 0 Å². The molecule has 8 heteroatoms. The van der Waals surface area contributed by atoms with Gasteiger partial charge in [0, 0.05) is 36.3 Å². The summed E-state index contributed by atoms with van der Waals surface area (Å²) in [4.78, 5) is 40.2. The average Bonchev–Trinajstić information content (AvgIpc) is 3.28. The summed E-state index contributed by atoms with van der Waals surface area (Å²) in [5, 5.41) is 5.58. The van der Waals surface area contributed by atoms with Crippen molar-refractivity contribution in [2.24, 2.45) is 0 Å². The van der Waals surface area contributed by atoms with Crippen molar-refractivity contribution in [3.8, 4) is 16.2 Å². The third kappa shape index (κ3) is 6.02. The van der Waals surface area contributed by atoms with Crippen LogP contribution in [0.5, 0.6) is 5.75 Å². The predicted molar refractivity (Wildman–Crippen MR) is 134 cm³/mol. The first-order valence-corrected chi connectivity index (χ1v) is 12.1. The SMILES string of the molecule is CC(=O)Nc1cccc(NC(=O)c2sc(-c3ccccc3)cc2OCC(=O)N2CCCCC2)c1. The molecule has 1 saturated heterocycles. The maximum Gasteiger partial charge on any atom is 0.269 e. The Morgan fingerprint density at radius 2 is 1.62 bits per heavy atom. The lowest BCUT2D eigenvalue weighted by atomic mass is 10.1. The first-order chi connectivity index (χ1) is 16.5. The summed E-state index contributed by atoms with van der Waals surface area (Å²) >= 11 is 1.31. The van der Waals surface area contributed by atoms with Gasteiger partial charge < -0.3 is 20.3 Å². The number of thiophene rings is 1. The maximum atomic E-state index is 13.2. The maximum absolute atomic E-state index is 13.2. The van der Waals surface area contributed by atoms with E-state index in [4.69, 9.17) is 4.74 Å². The molecule has 3 amide bonds. The van der Waals surface area contributed by atoms with E-state index >= 15 is 0 Å². The van der Waals surface area contributed by atoms with Crippen molar-refractivity contribution in [3.05, 3.63) is 65.5 Å². The number of nitrogens with one attached hydrogen (secondary N) is 2. The lowest BCUT2D eigenvalue weighted by Crippen LogP contribution is -2.38. The molecule has 0 atom stereocenters. The summed E-state index contributed by atoms with van der Waals surface area (Å²) < 4.78 is 5.89. The second kappa shape index (κ2) is 11.0. The van der Waals surface area contributed by atoms with Crippen LogP contribution in [0.25, 0.3) is 10.4 Å². The Morgan fingerprint density at radius 3 is 2.32 bits per heavy atom. The molecule has 1 aliphatic rings. The number of hydrogen-bond acceptors (Lipinski definition) is 5. The molecule has 0 unspecified atom stereocenters. The second-order valence-electron chi connectivity index (χ2n) is 8.12. The fraction of sp³-hybridized carbons (Fsp3) is 0.269. The van der Waals surface area contributed by atoms with Gasteiger partial charge in [-0.25, -0.2) is 0 Å². The third-order valence-electron chi connectivity index (χ3n) is 5.46. The average molecular weight is 478 g/mol. The van der Waals surface area contributed by atoms with E-state index in [0.717, 1.165) is 42.8 Å². The lowest BCUT2D eigenvalue weighted by Gasteiger charge is -2.26. The standard InChI is InChI=1S/C26H27N3O4S/c1-18(30)27-20-11-8-12-21(15-20)28-26(32)25-22(16-23(34-25)19-9-4-2-5-10-19)33-17-24(31)29-13-6-3-7-14-29/h2,4-5,8-12,15-16H,3,6-7,13-14,17H2,1H3,(H,27,30)(H,28,32). The Morgan fingerprint density at radius 1 is 0.912 bits per heavy atom. The second-order valence-corrected chi connectivity index (χ2v) is 9.17. The van der Waals surface area contributed by atoms with E-state index in [0.29, 0.717) is 22.0 Å². The van der Waals surface area contributed by atoms with Crippen molar-refractivity contribution in [2.75, 3.05) is 30.3 Å². The molecule has 0 aliphatic carbocycles. The fourth-order valence-corrected chi connectivity index (χ4v) is 4.83. The predicted octanol–water partition coefficient (Wildman–Crippen LogP) is 5.02. The minimum Gasteiger partial charge on any atom is -0.482 e. The minimum absolute atomic E-state index is 0.0680. The van der Waals surface area contributed by atoms with Crippen molar-refractivity contribution in [1.82, 2.24) is 4.90 Å². The summed E-state index contributed by atoms with van der Waals surface area (Å²) in [6.45, 7) is 2.82. The highest BCUT2D eigenvalue weighted by Gasteiger charge is 2.22. The van der Waals surface area contributed by atoms with Gasteiger partial charge in [-0.1, -0.05) is 36.4 Å². The smallest absolute Gasteiger partial charge is 0.269 e. The van der Waals surface area contributed by atoms with E-state index in [-0.39, 0.29) is 24.3 Å². The largest absolute Gasteiger partial charge is 0.482 e. The molecule has 3 aromatic rings. The summed E-state index contributed by atoms with van der Waals surface area (Å²) in [7, 11) is 0. The molecule has 2 heterocycles. The molecule has 4 rings (SSSR count). The van der Waals surface area contributed by atoms with E-state index in [9.17, 15) is 14.4 Å². The minimum atomic E-state index is -0.340. The van der Waals surface area contributed by atoms with Gasteiger partial charge in [-0.15, -0.1) is 11.3 Å². The molecule has 0 spiro atoms. The Balaban J connectivity index is 1.54. The molecule has 0 saturated carbocycles. The van der Waals surface area contributed by atoms with Gasteiger partial charge in [-0.2, -0.15) is 0 Å². The summed E-state index contributed by atoms with van der Waals surface area (Å²) in [6.07, 6.45) is 3.16. The van der Waals surface area contributed by atoms with Gasteiger partial charge in [0.05, 0.1) is 0 Å². The van der Waals surface area contributed by atoms with E-state index in [2.05, 4.69) is 10.6 Å². The number of rotatable bonds is 7. The number of carbonyl (C=O) groups excluding carboxylic acids is 3. The number of ether oxygens (including phenoxy) is 1. The molecule has 2 N–H and O–H groups in total. The highest BCUT2D eigenvalue weighted by molar-refractivity contribution is 7.17. The van der Waals surface area contributed by atoms with Crippen LogP contribution in [-0.2, 0) is 9.59 Å². The fourth-order valence-electron chi connectivity index (χ4n) is 3.82. The third-order valence-corrected chi connectivity index (χ3v) is 6.63. The monoisotopic (exact) mass is 477 g/mol. The summed E-state index contributed by atoms with van der Waals surface area (Å²) in [5.41, 5.74) is 2.10. The highest BCUT2D eigenvalue weighted by Crippen LogP contribution is 2.37. The van der Waals surface area contributed by atoms with Gasteiger partial charge in [0.25, 0.3) is 11.8 Å². The van der Waals surface area contributed by atoms with Gasteiger partial charge in [0.15, 0.2) is 6.61 Å². The van der Waals surface area contributed by atoms with Gasteiger partial charge in [0.2, 0.25) is 5.91 Å². The van der Waals surface area contributed by atoms with Crippen molar-refractivity contribution in [2.45, 2.75) is 26.2 Å². The van der Waals surface area contributed by atoms with Crippen LogP contribution in [0.15, 0.2) is 60.7 Å². The Labute approximate surface area is 202 Å². The number of anilines is 2. The molecular weight excluding hydrogens is 450 g/mol. The molecule has 1 fully saturated rings. The number of benzene rings is 2. The van der Waals surface area contributed by atoms with Crippen molar-refractivity contribution in [3.63, 3.8) is 0 Å². The highest BCUT2D eigenvalue weighted by atomic mass is 32.1. The van der Waals surface area contributed by atoms with Crippen molar-refractivity contribution in [1.29, 1.82) is 0 Å². The number of amides is 3. The van der Waals surface area contributed by atoms with Crippen molar-refractivity contribution < 1.29 is 19.1 Å². The van der Waals surface area contributed by atoms with Crippen LogP contribution in [0, 0.1) is 0 Å². The number of piperidine rings is 1. The van der Waals surface area contributed by atoms with Gasteiger partial charge in [0.1, 0.15) is 10.6 Å². The number of hydrogen-bond donors (Lipinski definition) is 2. The molecule has 1 aliphatic heterocycles. The van der Waals surface area contributed by atoms with Crippen LogP contribution >= 0.6 is 11.3 Å². The lowest BCUT2D eigenvalue weighted by molar-refractivity contribution is -0.134.